The van der Waals surface area contributed by atoms with Gasteiger partial charge in [0.15, 0.2) is 0 Å². The first-order chi connectivity index (χ1) is 12.2. The molecule has 3 aromatic carbocycles. The Hall–Kier alpha value is -2.04. The predicted molar refractivity (Wildman–Crippen MR) is 99.9 cm³/mol. The largest absolute Gasteiger partial charge is 0.508 e. The molecular weight excluding hydrogens is 336 g/mol. The molecule has 0 aromatic heterocycles. The van der Waals surface area contributed by atoms with Crippen LogP contribution in [0.25, 0.3) is 0 Å². The molecule has 0 spiro atoms. The van der Waals surface area contributed by atoms with Gasteiger partial charge >= 0.3 is 0 Å². The summed E-state index contributed by atoms with van der Waals surface area (Å²) in [6, 6.07) is 23.7. The lowest BCUT2D eigenvalue weighted by atomic mass is 10.0. The maximum atomic E-state index is 9.61. The topological polar surface area (TPSA) is 40.5 Å². The van der Waals surface area contributed by atoms with Crippen molar-refractivity contribution < 1.29 is 10.2 Å². The van der Waals surface area contributed by atoms with E-state index >= 15 is 0 Å². The molecule has 0 aliphatic carbocycles. The molecule has 0 radical (unpaired) electrons. The Morgan fingerprint density at radius 3 is 1.58 bits per heavy atom. The molecule has 2 atom stereocenters. The Kier molecular flexibility index (Phi) is 3.85. The maximum Gasteiger partial charge on any atom is 0.293 e. The van der Waals surface area contributed by atoms with Crippen molar-refractivity contribution in [2.45, 2.75) is 20.3 Å². The third-order valence-electron chi connectivity index (χ3n) is 4.06. The fourth-order valence-corrected chi connectivity index (χ4v) is 5.85. The third kappa shape index (κ3) is 2.99. The number of aromatic hydroxyl groups is 2. The summed E-state index contributed by atoms with van der Waals surface area (Å²) in [7, 11) is 0. The molecule has 1 aliphatic heterocycles. The summed E-state index contributed by atoms with van der Waals surface area (Å²) in [5.41, 5.74) is 2.39. The van der Waals surface area contributed by atoms with E-state index in [1.807, 2.05) is 59.9 Å². The fourth-order valence-electron chi connectivity index (χ4n) is 2.85. The lowest BCUT2D eigenvalue weighted by molar-refractivity contribution is 0.474. The van der Waals surface area contributed by atoms with Crippen molar-refractivity contribution in [1.82, 2.24) is 0 Å². The molecule has 2 N–H and O–H groups in total. The van der Waals surface area contributed by atoms with E-state index in [9.17, 15) is 5.11 Å². The summed E-state index contributed by atoms with van der Waals surface area (Å²) in [6.45, 7) is 0. The Labute approximate surface area is 151 Å². The van der Waals surface area contributed by atoms with Crippen LogP contribution in [0.5, 0.6) is 11.5 Å². The highest BCUT2D eigenvalue weighted by molar-refractivity contribution is 8.06. The molecule has 4 heteroatoms. The summed E-state index contributed by atoms with van der Waals surface area (Å²) in [5.74, 6) is 0.824. The van der Waals surface area contributed by atoms with E-state index in [2.05, 4.69) is 29.4 Å². The quantitative estimate of drug-likeness (QED) is 0.626. The first kappa shape index (κ1) is 14.3. The van der Waals surface area contributed by atoms with Gasteiger partial charge < -0.3 is 10.2 Å². The summed E-state index contributed by atoms with van der Waals surface area (Å²) in [6.07, 6.45) is 0. The Bertz CT molecular complexity index is 866. The van der Waals surface area contributed by atoms with E-state index in [0.29, 0.717) is 5.75 Å². The van der Waals surface area contributed by atoms with Gasteiger partial charge in [0.1, 0.15) is 11.5 Å². The molecule has 1 heterocycles. The Balaban J connectivity index is 1.75. The van der Waals surface area contributed by atoms with Gasteiger partial charge in [0, 0.05) is 9.79 Å². The van der Waals surface area contributed by atoms with Crippen LogP contribution in [0.3, 0.4) is 0 Å². The van der Waals surface area contributed by atoms with Gasteiger partial charge in [-0.15, -0.1) is 23.5 Å². The standard InChI is InChI=1S/C20H16O2S2/c21-15-9-5-13(6-10-15)19-20(14-7-11-16(22)12-8-14)24-18-4-2-1-3-17(18)23-19/h1-12,19-22H/t19-,20-/m0/s1/i/hT. The SMILES string of the molecule is [3H]Oc1ccc([C@@H]2Sc3ccccc3S[C@H]2c2ccc(O)cc2)cc1. The number of phenolic OH excluding ortho intramolecular Hbond substituents is 2. The smallest absolute Gasteiger partial charge is 0.293 e. The highest BCUT2D eigenvalue weighted by Crippen LogP contribution is 2.59. The lowest BCUT2D eigenvalue weighted by Gasteiger charge is -2.32. The number of hydrogen-bond acceptors (Lipinski definition) is 4. The van der Waals surface area contributed by atoms with Crippen LogP contribution in [-0.4, -0.2) is 11.6 Å². The molecule has 24 heavy (non-hydrogen) atoms. The summed E-state index contributed by atoms with van der Waals surface area (Å²) in [4.78, 5) is 2.57. The molecule has 0 saturated carbocycles. The van der Waals surface area contributed by atoms with Crippen LogP contribution in [0, 0.1) is 0 Å². The normalized spacial score (nSPS) is 20.1. The summed E-state index contributed by atoms with van der Waals surface area (Å²) in [5, 5.41) is 14.6. The van der Waals surface area contributed by atoms with Crippen molar-refractivity contribution in [1.29, 1.82) is 1.43 Å². The highest BCUT2D eigenvalue weighted by Gasteiger charge is 2.32. The molecule has 0 fully saturated rings. The number of hydrogen-bond donors (Lipinski definition) is 2. The van der Waals surface area contributed by atoms with Gasteiger partial charge in [0.05, 0.1) is 10.5 Å². The predicted octanol–water partition coefficient (Wildman–Crippen LogP) is 5.78. The molecular formula is C20H16O2S2. The first-order valence-corrected chi connectivity index (χ1v) is 9.45. The zero-order valence-corrected chi connectivity index (χ0v) is 14.4. The number of thioether (sulfide) groups is 2. The van der Waals surface area contributed by atoms with Gasteiger partial charge in [-0.2, -0.15) is 0 Å². The lowest BCUT2D eigenvalue weighted by Crippen LogP contribution is -2.09. The van der Waals surface area contributed by atoms with E-state index in [0.717, 1.165) is 0 Å². The second-order valence-corrected chi connectivity index (χ2v) is 8.05. The number of phenols is 2. The van der Waals surface area contributed by atoms with Crippen molar-refractivity contribution in [2.24, 2.45) is 0 Å². The van der Waals surface area contributed by atoms with E-state index in [1.165, 1.54) is 20.9 Å². The molecule has 0 saturated heterocycles. The molecule has 0 amide bonds. The minimum atomic E-state index is 0.239. The van der Waals surface area contributed by atoms with Gasteiger partial charge in [-0.3, -0.25) is 0 Å². The number of benzene rings is 3. The molecule has 2 nitrogen and oxygen atoms in total. The molecule has 1 aliphatic rings. The van der Waals surface area contributed by atoms with Crippen LogP contribution in [0.4, 0.5) is 0 Å². The van der Waals surface area contributed by atoms with Gasteiger partial charge in [-0.1, -0.05) is 36.4 Å². The van der Waals surface area contributed by atoms with E-state index in [4.69, 9.17) is 1.43 Å². The monoisotopic (exact) mass is 354 g/mol. The molecule has 120 valence electrons. The van der Waals surface area contributed by atoms with Crippen molar-refractivity contribution in [3.63, 3.8) is 0 Å². The van der Waals surface area contributed by atoms with E-state index < -0.39 is 0 Å². The zero-order chi connectivity index (χ0) is 17.2. The number of rotatable bonds is 3. The second-order valence-electron chi connectivity index (χ2n) is 5.68. The minimum absolute atomic E-state index is 0.239. The first-order valence-electron chi connectivity index (χ1n) is 8.10. The van der Waals surface area contributed by atoms with Gasteiger partial charge in [-0.05, 0) is 47.5 Å². The highest BCUT2D eigenvalue weighted by atomic mass is 32.2. The average molecular weight is 354 g/mol. The average Bonchev–Trinajstić information content (AvgIpc) is 2.68. The Morgan fingerprint density at radius 1 is 0.667 bits per heavy atom. The third-order valence-corrected chi connectivity index (χ3v) is 7.18. The van der Waals surface area contributed by atoms with Crippen LogP contribution in [0.15, 0.2) is 82.6 Å². The molecule has 0 unspecified atom stereocenters. The van der Waals surface area contributed by atoms with Gasteiger partial charge in [-0.25, -0.2) is 0 Å². The van der Waals surface area contributed by atoms with Crippen LogP contribution < -0.4 is 0 Å². The molecule has 0 bridgehead atoms. The molecule has 3 aromatic rings. The van der Waals surface area contributed by atoms with Gasteiger partial charge in [0.25, 0.3) is 1.43 Å². The number of fused-ring (bicyclic) bond motifs is 1. The Morgan fingerprint density at radius 2 is 1.12 bits per heavy atom. The van der Waals surface area contributed by atoms with Crippen molar-refractivity contribution >= 4 is 23.5 Å². The van der Waals surface area contributed by atoms with Crippen molar-refractivity contribution in [3.05, 3.63) is 83.9 Å². The fraction of sp³-hybridized carbons (Fsp3) is 0.100. The van der Waals surface area contributed by atoms with Crippen molar-refractivity contribution in [3.8, 4) is 11.5 Å². The van der Waals surface area contributed by atoms with Crippen LogP contribution in [0.2, 0.25) is 0 Å². The minimum Gasteiger partial charge on any atom is -0.508 e. The van der Waals surface area contributed by atoms with E-state index in [-0.39, 0.29) is 16.2 Å². The molecule has 4 rings (SSSR count). The second kappa shape index (κ2) is 6.46. The summed E-state index contributed by atoms with van der Waals surface area (Å²) < 4.78 is 7.02. The van der Waals surface area contributed by atoms with Crippen LogP contribution in [0.1, 0.15) is 21.6 Å². The van der Waals surface area contributed by atoms with Crippen LogP contribution >= 0.6 is 23.5 Å². The van der Waals surface area contributed by atoms with Crippen molar-refractivity contribution in [2.75, 3.05) is 0 Å². The van der Waals surface area contributed by atoms with Crippen LogP contribution in [-0.2, 0) is 0 Å². The summed E-state index contributed by atoms with van der Waals surface area (Å²) >= 11 is 3.72. The van der Waals surface area contributed by atoms with Gasteiger partial charge in [0.2, 0.25) is 0 Å². The van der Waals surface area contributed by atoms with E-state index in [1.54, 1.807) is 12.1 Å². The zero-order valence-electron chi connectivity index (χ0n) is 13.8. The maximum absolute atomic E-state index is 9.61.